The first-order valence-corrected chi connectivity index (χ1v) is 12.9. The molecule has 1 aromatic rings. The zero-order chi connectivity index (χ0) is 20.1. The first-order chi connectivity index (χ1) is 13.4. The summed E-state index contributed by atoms with van der Waals surface area (Å²) in [5.74, 6) is 0.120. The van der Waals surface area contributed by atoms with Gasteiger partial charge in [-0.1, -0.05) is 48.6 Å². The average Bonchev–Trinajstić information content (AvgIpc) is 2.92. The lowest BCUT2D eigenvalue weighted by atomic mass is 9.99. The number of amides is 2. The van der Waals surface area contributed by atoms with Crippen LogP contribution in [0.25, 0.3) is 0 Å². The summed E-state index contributed by atoms with van der Waals surface area (Å²) in [7, 11) is -3.18. The second kappa shape index (κ2) is 9.73. The third-order valence-electron chi connectivity index (χ3n) is 5.72. The van der Waals surface area contributed by atoms with Crippen LogP contribution in [0.1, 0.15) is 58.3 Å². The number of carbonyl (C=O) groups is 1. The molecule has 2 aliphatic rings. The zero-order valence-corrected chi connectivity index (χ0v) is 18.7. The van der Waals surface area contributed by atoms with Crippen molar-refractivity contribution in [3.63, 3.8) is 0 Å². The van der Waals surface area contributed by atoms with Crippen LogP contribution in [0.3, 0.4) is 0 Å². The van der Waals surface area contributed by atoms with E-state index in [1.54, 1.807) is 11.2 Å². The summed E-state index contributed by atoms with van der Waals surface area (Å²) in [6.07, 6.45) is 9.54. The molecule has 158 valence electrons. The molecule has 2 amide bonds. The van der Waals surface area contributed by atoms with Gasteiger partial charge in [0.15, 0.2) is 5.13 Å². The van der Waals surface area contributed by atoms with Crippen molar-refractivity contribution >= 4 is 44.1 Å². The molecule has 0 atom stereocenters. The maximum Gasteiger partial charge on any atom is 0.324 e. The number of urea groups is 1. The van der Waals surface area contributed by atoms with Gasteiger partial charge in [0, 0.05) is 25.2 Å². The Labute approximate surface area is 176 Å². The van der Waals surface area contributed by atoms with Crippen LogP contribution in [-0.2, 0) is 10.0 Å². The average molecular weight is 449 g/mol. The number of anilines is 1. The van der Waals surface area contributed by atoms with Gasteiger partial charge in [0.1, 0.15) is 4.34 Å². The third kappa shape index (κ3) is 5.37. The van der Waals surface area contributed by atoms with Crippen molar-refractivity contribution in [2.75, 3.05) is 24.2 Å². The first-order valence-electron chi connectivity index (χ1n) is 10.1. The number of nitrogens with one attached hydrogen (secondary N) is 1. The van der Waals surface area contributed by atoms with Crippen LogP contribution in [0, 0.1) is 0 Å². The highest BCUT2D eigenvalue weighted by Gasteiger charge is 2.35. The Morgan fingerprint density at radius 3 is 2.36 bits per heavy atom. The van der Waals surface area contributed by atoms with E-state index in [-0.39, 0.29) is 23.9 Å². The Morgan fingerprint density at radius 1 is 1.21 bits per heavy atom. The van der Waals surface area contributed by atoms with Gasteiger partial charge in [-0.15, -0.1) is 0 Å². The van der Waals surface area contributed by atoms with E-state index in [2.05, 4.69) is 10.3 Å². The molecular weight excluding hydrogens is 420 g/mol. The lowest BCUT2D eigenvalue weighted by Crippen LogP contribution is -2.53. The van der Waals surface area contributed by atoms with Crippen LogP contribution in [0.2, 0.25) is 4.34 Å². The van der Waals surface area contributed by atoms with E-state index < -0.39 is 10.0 Å². The largest absolute Gasteiger partial charge is 0.324 e. The molecule has 1 saturated carbocycles. The summed E-state index contributed by atoms with van der Waals surface area (Å²) in [4.78, 5) is 19.3. The molecule has 2 heterocycles. The van der Waals surface area contributed by atoms with E-state index in [0.717, 1.165) is 25.7 Å². The summed E-state index contributed by atoms with van der Waals surface area (Å²) >= 11 is 7.19. The van der Waals surface area contributed by atoms with Crippen LogP contribution >= 0.6 is 22.9 Å². The van der Waals surface area contributed by atoms with Crippen molar-refractivity contribution in [2.45, 2.75) is 70.4 Å². The number of carbonyl (C=O) groups excluding carboxylic acids is 1. The Morgan fingerprint density at radius 2 is 1.82 bits per heavy atom. The van der Waals surface area contributed by atoms with Crippen LogP contribution in [0.5, 0.6) is 0 Å². The predicted octanol–water partition coefficient (Wildman–Crippen LogP) is 4.17. The third-order valence-corrected chi connectivity index (χ3v) is 8.63. The van der Waals surface area contributed by atoms with Crippen LogP contribution in [0.15, 0.2) is 6.20 Å². The Balaban J connectivity index is 1.73. The lowest BCUT2D eigenvalue weighted by Gasteiger charge is -2.41. The Bertz CT molecular complexity index is 755. The van der Waals surface area contributed by atoms with Crippen molar-refractivity contribution < 1.29 is 13.2 Å². The summed E-state index contributed by atoms with van der Waals surface area (Å²) in [6.45, 7) is 2.62. The SMILES string of the molecule is CCS(=O)(=O)N1CCC(N(C(=O)Nc2ncc(Cl)s2)C2CCCCCC2)CC1. The maximum atomic E-state index is 13.2. The quantitative estimate of drug-likeness (QED) is 0.685. The molecule has 1 aliphatic carbocycles. The molecule has 7 nitrogen and oxygen atoms in total. The van der Waals surface area contributed by atoms with Gasteiger partial charge in [-0.3, -0.25) is 5.32 Å². The van der Waals surface area contributed by atoms with E-state index in [4.69, 9.17) is 11.6 Å². The molecule has 1 aromatic heterocycles. The fraction of sp³-hybridized carbons (Fsp3) is 0.778. The fourth-order valence-corrected chi connectivity index (χ4v) is 6.15. The maximum absolute atomic E-state index is 13.2. The molecule has 0 spiro atoms. The molecule has 1 aliphatic heterocycles. The number of piperidine rings is 1. The van der Waals surface area contributed by atoms with E-state index >= 15 is 0 Å². The minimum atomic E-state index is -3.18. The van der Waals surface area contributed by atoms with Gasteiger partial charge in [0.2, 0.25) is 10.0 Å². The fourth-order valence-electron chi connectivity index (χ4n) is 4.22. The molecule has 28 heavy (non-hydrogen) atoms. The van der Waals surface area contributed by atoms with E-state index in [1.165, 1.54) is 30.4 Å². The van der Waals surface area contributed by atoms with Gasteiger partial charge in [-0.2, -0.15) is 0 Å². The number of hydrogen-bond donors (Lipinski definition) is 1. The van der Waals surface area contributed by atoms with Crippen molar-refractivity contribution in [2.24, 2.45) is 0 Å². The summed E-state index contributed by atoms with van der Waals surface area (Å²) < 4.78 is 26.4. The molecule has 10 heteroatoms. The van der Waals surface area contributed by atoms with Crippen molar-refractivity contribution in [3.05, 3.63) is 10.5 Å². The highest BCUT2D eigenvalue weighted by Crippen LogP contribution is 2.30. The minimum absolute atomic E-state index is 0.0434. The number of halogens is 1. The summed E-state index contributed by atoms with van der Waals surface area (Å²) in [5.41, 5.74) is 0. The molecule has 0 aromatic carbocycles. The van der Waals surface area contributed by atoms with Gasteiger partial charge >= 0.3 is 6.03 Å². The van der Waals surface area contributed by atoms with E-state index in [0.29, 0.717) is 35.4 Å². The van der Waals surface area contributed by atoms with Gasteiger partial charge in [0.25, 0.3) is 0 Å². The van der Waals surface area contributed by atoms with Crippen LogP contribution in [0.4, 0.5) is 9.93 Å². The topological polar surface area (TPSA) is 82.6 Å². The molecule has 0 bridgehead atoms. The van der Waals surface area contributed by atoms with Crippen LogP contribution in [-0.4, -0.2) is 59.6 Å². The monoisotopic (exact) mass is 448 g/mol. The van der Waals surface area contributed by atoms with Gasteiger partial charge in [-0.05, 0) is 32.6 Å². The number of thiazole rings is 1. The smallest absolute Gasteiger partial charge is 0.318 e. The van der Waals surface area contributed by atoms with Crippen molar-refractivity contribution in [3.8, 4) is 0 Å². The van der Waals surface area contributed by atoms with Crippen molar-refractivity contribution in [1.82, 2.24) is 14.2 Å². The standard InChI is InChI=1S/C18H29ClN4O3S2/c1-2-28(25,26)22-11-9-15(10-12-22)23(14-7-5-3-4-6-8-14)18(24)21-17-20-13-16(19)27-17/h13-15H,2-12H2,1H3,(H,20,21,24). The molecule has 2 fully saturated rings. The molecule has 0 radical (unpaired) electrons. The van der Waals surface area contributed by atoms with Crippen molar-refractivity contribution in [1.29, 1.82) is 0 Å². The van der Waals surface area contributed by atoms with Gasteiger partial charge < -0.3 is 4.90 Å². The first kappa shape index (κ1) is 21.8. The minimum Gasteiger partial charge on any atom is -0.318 e. The molecule has 3 rings (SSSR count). The van der Waals surface area contributed by atoms with Gasteiger partial charge in [0.05, 0.1) is 11.9 Å². The number of rotatable bonds is 5. The van der Waals surface area contributed by atoms with Crippen LogP contribution < -0.4 is 5.32 Å². The number of nitrogens with zero attached hydrogens (tertiary/aromatic N) is 3. The van der Waals surface area contributed by atoms with Gasteiger partial charge in [-0.25, -0.2) is 22.5 Å². The molecular formula is C18H29ClN4O3S2. The number of aromatic nitrogens is 1. The highest BCUT2D eigenvalue weighted by atomic mass is 35.5. The lowest BCUT2D eigenvalue weighted by molar-refractivity contribution is 0.116. The zero-order valence-electron chi connectivity index (χ0n) is 16.3. The Hall–Kier alpha value is -0.900. The second-order valence-electron chi connectivity index (χ2n) is 7.48. The molecule has 0 unspecified atom stereocenters. The molecule has 1 N–H and O–H groups in total. The number of hydrogen-bond acceptors (Lipinski definition) is 5. The normalized spacial score (nSPS) is 20.6. The van der Waals surface area contributed by atoms with E-state index in [1.807, 2.05) is 4.90 Å². The van der Waals surface area contributed by atoms with E-state index in [9.17, 15) is 13.2 Å². The predicted molar refractivity (Wildman–Crippen MR) is 114 cm³/mol. The summed E-state index contributed by atoms with van der Waals surface area (Å²) in [5, 5.41) is 3.41. The second-order valence-corrected chi connectivity index (χ2v) is 11.4. The highest BCUT2D eigenvalue weighted by molar-refractivity contribution is 7.89. The number of sulfonamides is 1. The summed E-state index contributed by atoms with van der Waals surface area (Å²) in [6, 6.07) is 0.0915. The molecule has 1 saturated heterocycles. The Kier molecular flexibility index (Phi) is 7.58.